The van der Waals surface area contributed by atoms with E-state index in [2.05, 4.69) is 29.8 Å². The number of nitrogens with zero attached hydrogens (tertiary/aromatic N) is 6. The number of halogens is 8. The summed E-state index contributed by atoms with van der Waals surface area (Å²) in [7, 11) is 0. The first-order valence-corrected chi connectivity index (χ1v) is 9.91. The summed E-state index contributed by atoms with van der Waals surface area (Å²) in [5.41, 5.74) is -1.90. The van der Waals surface area contributed by atoms with E-state index in [0.717, 1.165) is 24.2 Å². The molecular formula is C17H8Cl2F6N6S. The number of hydrogen-bond donors (Lipinski definition) is 0. The van der Waals surface area contributed by atoms with E-state index < -0.39 is 33.8 Å². The molecule has 0 radical (unpaired) electrons. The quantitative estimate of drug-likeness (QED) is 0.166. The molecule has 3 aromatic rings. The van der Waals surface area contributed by atoms with E-state index in [0.29, 0.717) is 0 Å². The van der Waals surface area contributed by atoms with Crippen molar-refractivity contribution in [2.75, 3.05) is 6.26 Å². The third-order valence-corrected chi connectivity index (χ3v) is 4.41. The Bertz CT molecular complexity index is 1150. The first-order chi connectivity index (χ1) is 14.9. The second kappa shape index (κ2) is 10.3. The Hall–Kier alpha value is -2.69. The molecule has 3 heterocycles. The van der Waals surface area contributed by atoms with E-state index in [1.54, 1.807) is 6.26 Å². The molecule has 0 atom stereocenters. The Labute approximate surface area is 190 Å². The number of thioether (sulfide) groups is 1. The molecule has 0 N–H and O–H groups in total. The zero-order valence-electron chi connectivity index (χ0n) is 15.5. The summed E-state index contributed by atoms with van der Waals surface area (Å²) >= 11 is 11.7. The number of alkyl halides is 6. The highest BCUT2D eigenvalue weighted by molar-refractivity contribution is 7.98. The molecule has 0 aromatic carbocycles. The Balaban J connectivity index is 0.000000244. The molecule has 0 saturated carbocycles. The fourth-order valence-electron chi connectivity index (χ4n) is 1.96. The van der Waals surface area contributed by atoms with Crippen LogP contribution >= 0.6 is 35.0 Å². The minimum absolute atomic E-state index is 0.0525. The van der Waals surface area contributed by atoms with Crippen molar-refractivity contribution in [2.24, 2.45) is 0 Å². The molecule has 6 nitrogen and oxygen atoms in total. The van der Waals surface area contributed by atoms with Gasteiger partial charge in [0.25, 0.3) is 0 Å². The highest BCUT2D eigenvalue weighted by Crippen LogP contribution is 2.34. The normalized spacial score (nSPS) is 11.4. The average molecular weight is 513 g/mol. The third kappa shape index (κ3) is 6.65. The van der Waals surface area contributed by atoms with Gasteiger partial charge in [-0.15, -0.1) is 0 Å². The molecule has 0 unspecified atom stereocenters. The van der Waals surface area contributed by atoms with Gasteiger partial charge >= 0.3 is 12.4 Å². The molecule has 15 heteroatoms. The van der Waals surface area contributed by atoms with Gasteiger partial charge in [0.15, 0.2) is 22.4 Å². The molecule has 0 aliphatic carbocycles. The summed E-state index contributed by atoms with van der Waals surface area (Å²) in [6.07, 6.45) is -3.22. The standard InChI is InChI=1S/C11H4ClF3N4.C6H4ClF3N2S/c1-16-7-2-6(3-17-4-7)10-18-5-8(12)9(19-10)11(13,14)15;1-13-5-11-2-3(7)4(12-5)6(8,9)10/h2-5H;2H,1H3. The second-order valence-corrected chi connectivity index (χ2v) is 7.07. The monoisotopic (exact) mass is 512 g/mol. The van der Waals surface area contributed by atoms with Crippen LogP contribution in [0.25, 0.3) is 16.2 Å². The minimum atomic E-state index is -4.67. The second-order valence-electron chi connectivity index (χ2n) is 5.48. The van der Waals surface area contributed by atoms with Gasteiger partial charge in [0.2, 0.25) is 5.69 Å². The van der Waals surface area contributed by atoms with E-state index >= 15 is 0 Å². The van der Waals surface area contributed by atoms with Crippen LogP contribution in [-0.4, -0.2) is 31.2 Å². The van der Waals surface area contributed by atoms with Crippen molar-refractivity contribution >= 4 is 40.7 Å². The highest BCUT2D eigenvalue weighted by Gasteiger charge is 2.36. The summed E-state index contributed by atoms with van der Waals surface area (Å²) < 4.78 is 74.5. The maximum absolute atomic E-state index is 12.7. The third-order valence-electron chi connectivity index (χ3n) is 3.30. The fourth-order valence-corrected chi connectivity index (χ4v) is 2.70. The van der Waals surface area contributed by atoms with E-state index in [1.165, 1.54) is 18.5 Å². The average Bonchev–Trinajstić information content (AvgIpc) is 2.73. The number of pyridine rings is 1. The smallest absolute Gasteiger partial charge is 0.276 e. The van der Waals surface area contributed by atoms with Crippen LogP contribution in [0.1, 0.15) is 11.4 Å². The molecule has 0 spiro atoms. The van der Waals surface area contributed by atoms with Gasteiger partial charge in [0, 0.05) is 18.0 Å². The molecule has 3 aromatic heterocycles. The first-order valence-electron chi connectivity index (χ1n) is 7.93. The minimum Gasteiger partial charge on any atom is -0.276 e. The maximum Gasteiger partial charge on any atom is 0.434 e. The zero-order chi connectivity index (χ0) is 24.1. The van der Waals surface area contributed by atoms with Crippen molar-refractivity contribution in [2.45, 2.75) is 17.5 Å². The molecule has 3 rings (SSSR count). The molecular weight excluding hydrogens is 505 g/mol. The molecule has 0 bridgehead atoms. The number of rotatable bonds is 2. The predicted molar refractivity (Wildman–Crippen MR) is 105 cm³/mol. The Morgan fingerprint density at radius 2 is 1.44 bits per heavy atom. The van der Waals surface area contributed by atoms with Crippen LogP contribution in [0.15, 0.2) is 36.0 Å². The summed E-state index contributed by atoms with van der Waals surface area (Å²) in [4.78, 5) is 20.8. The zero-order valence-corrected chi connectivity index (χ0v) is 17.8. The SMILES string of the molecule is CSc1ncc(Cl)c(C(F)(F)F)n1.[C-]#[N+]c1cncc(-c2ncc(Cl)c(C(F)(F)F)n2)c1. The first kappa shape index (κ1) is 25.6. The number of hydrogen-bond acceptors (Lipinski definition) is 6. The largest absolute Gasteiger partial charge is 0.434 e. The Morgan fingerprint density at radius 1 is 0.875 bits per heavy atom. The lowest BCUT2D eigenvalue weighted by Crippen LogP contribution is -2.10. The van der Waals surface area contributed by atoms with Crippen molar-refractivity contribution < 1.29 is 26.3 Å². The maximum atomic E-state index is 12.7. The molecule has 0 aliphatic rings. The summed E-state index contributed by atoms with van der Waals surface area (Å²) in [5, 5.41) is -1.01. The lowest BCUT2D eigenvalue weighted by Gasteiger charge is -2.09. The van der Waals surface area contributed by atoms with Gasteiger partial charge in [-0.05, 0) is 12.3 Å². The highest BCUT2D eigenvalue weighted by atomic mass is 35.5. The van der Waals surface area contributed by atoms with Crippen LogP contribution in [0.5, 0.6) is 0 Å². The van der Waals surface area contributed by atoms with Crippen LogP contribution in [0, 0.1) is 6.57 Å². The predicted octanol–water partition coefficient (Wildman–Crippen LogP) is 6.63. The lowest BCUT2D eigenvalue weighted by atomic mass is 10.2. The van der Waals surface area contributed by atoms with Gasteiger partial charge in [-0.3, -0.25) is 4.98 Å². The van der Waals surface area contributed by atoms with E-state index in [9.17, 15) is 26.3 Å². The van der Waals surface area contributed by atoms with Gasteiger partial charge in [0.05, 0.1) is 29.0 Å². The van der Waals surface area contributed by atoms with Gasteiger partial charge in [-0.25, -0.2) is 24.8 Å². The van der Waals surface area contributed by atoms with Crippen molar-refractivity contribution in [3.63, 3.8) is 0 Å². The lowest BCUT2D eigenvalue weighted by molar-refractivity contribution is -0.142. The van der Waals surface area contributed by atoms with Crippen molar-refractivity contribution in [3.05, 3.63) is 63.7 Å². The molecule has 0 saturated heterocycles. The van der Waals surface area contributed by atoms with E-state index in [4.69, 9.17) is 29.8 Å². The van der Waals surface area contributed by atoms with Gasteiger partial charge in [-0.2, -0.15) is 26.3 Å². The summed E-state index contributed by atoms with van der Waals surface area (Å²) in [6.45, 7) is 6.82. The van der Waals surface area contributed by atoms with Crippen LogP contribution < -0.4 is 0 Å². The molecule has 32 heavy (non-hydrogen) atoms. The topological polar surface area (TPSA) is 68.8 Å². The van der Waals surface area contributed by atoms with Gasteiger partial charge < -0.3 is 0 Å². The van der Waals surface area contributed by atoms with E-state index in [-0.39, 0.29) is 22.2 Å². The van der Waals surface area contributed by atoms with Gasteiger partial charge in [0.1, 0.15) is 0 Å². The molecule has 0 amide bonds. The van der Waals surface area contributed by atoms with Crippen LogP contribution in [0.3, 0.4) is 0 Å². The van der Waals surface area contributed by atoms with Crippen molar-refractivity contribution in [3.8, 4) is 11.4 Å². The van der Waals surface area contributed by atoms with Gasteiger partial charge in [-0.1, -0.05) is 35.0 Å². The van der Waals surface area contributed by atoms with Crippen LogP contribution in [-0.2, 0) is 12.4 Å². The Kier molecular flexibility index (Phi) is 8.22. The molecule has 0 aliphatic heterocycles. The van der Waals surface area contributed by atoms with Crippen LogP contribution in [0.2, 0.25) is 10.0 Å². The van der Waals surface area contributed by atoms with Crippen molar-refractivity contribution in [1.82, 2.24) is 24.9 Å². The van der Waals surface area contributed by atoms with E-state index in [1.807, 2.05) is 0 Å². The Morgan fingerprint density at radius 3 is 1.97 bits per heavy atom. The number of aromatic nitrogens is 5. The summed E-state index contributed by atoms with van der Waals surface area (Å²) in [6, 6.07) is 1.35. The molecule has 168 valence electrons. The fraction of sp³-hybridized carbons (Fsp3) is 0.176. The summed E-state index contributed by atoms with van der Waals surface area (Å²) in [5.74, 6) is -0.185. The molecule has 0 fully saturated rings. The van der Waals surface area contributed by atoms with Crippen molar-refractivity contribution in [1.29, 1.82) is 0 Å². The van der Waals surface area contributed by atoms with Crippen LogP contribution in [0.4, 0.5) is 32.0 Å².